The van der Waals surface area contributed by atoms with E-state index >= 15 is 0 Å². The lowest BCUT2D eigenvalue weighted by Crippen LogP contribution is -2.16. The Kier molecular flexibility index (Phi) is 2.02. The minimum absolute atomic E-state index is 0.141. The first kappa shape index (κ1) is 8.01. The number of aryl methyl sites for hydroxylation is 1. The third-order valence-electron chi connectivity index (χ3n) is 2.25. The Morgan fingerprint density at radius 3 is 3.25 bits per heavy atom. The van der Waals surface area contributed by atoms with Gasteiger partial charge in [-0.3, -0.25) is 0 Å². The average molecular weight is 184 g/mol. The number of aromatic nitrogens is 1. The minimum Gasteiger partial charge on any atom is -0.480 e. The fourth-order valence-corrected chi connectivity index (χ4v) is 2.57. The van der Waals surface area contributed by atoms with Crippen molar-refractivity contribution in [1.82, 2.24) is 4.37 Å². The zero-order chi connectivity index (χ0) is 8.55. The van der Waals surface area contributed by atoms with Gasteiger partial charge >= 0.3 is 0 Å². The van der Waals surface area contributed by atoms with E-state index in [1.165, 1.54) is 22.8 Å². The lowest BCUT2D eigenvalue weighted by molar-refractivity contribution is 0.389. The van der Waals surface area contributed by atoms with E-state index in [-0.39, 0.29) is 6.04 Å². The van der Waals surface area contributed by atoms with E-state index < -0.39 is 0 Å². The molecule has 12 heavy (non-hydrogen) atoms. The van der Waals surface area contributed by atoms with Crippen molar-refractivity contribution in [3.05, 3.63) is 10.4 Å². The van der Waals surface area contributed by atoms with Gasteiger partial charge in [0.25, 0.3) is 0 Å². The Hall–Kier alpha value is -0.610. The molecule has 4 heteroatoms. The van der Waals surface area contributed by atoms with Gasteiger partial charge < -0.3 is 10.5 Å². The number of nitrogens with zero attached hydrogens (tertiary/aromatic N) is 1. The van der Waals surface area contributed by atoms with Crippen LogP contribution in [0, 0.1) is 0 Å². The van der Waals surface area contributed by atoms with Gasteiger partial charge in [-0.25, -0.2) is 0 Å². The number of hydrogen-bond donors (Lipinski definition) is 1. The molecule has 1 atom stereocenters. The highest BCUT2D eigenvalue weighted by Crippen LogP contribution is 2.36. The van der Waals surface area contributed by atoms with Crippen molar-refractivity contribution < 1.29 is 4.74 Å². The summed E-state index contributed by atoms with van der Waals surface area (Å²) in [4.78, 5) is 1.31. The Bertz CT molecular complexity index is 271. The van der Waals surface area contributed by atoms with Gasteiger partial charge in [0.2, 0.25) is 5.88 Å². The molecule has 1 aromatic heterocycles. The molecule has 1 aromatic rings. The Balaban J connectivity index is 2.43. The van der Waals surface area contributed by atoms with Gasteiger partial charge in [-0.05, 0) is 30.8 Å². The van der Waals surface area contributed by atoms with Crippen molar-refractivity contribution in [3.8, 4) is 5.88 Å². The topological polar surface area (TPSA) is 48.1 Å². The summed E-state index contributed by atoms with van der Waals surface area (Å²) in [7, 11) is 1.65. The summed E-state index contributed by atoms with van der Waals surface area (Å²) in [5, 5.41) is 0. The monoisotopic (exact) mass is 184 g/mol. The zero-order valence-corrected chi connectivity index (χ0v) is 7.86. The van der Waals surface area contributed by atoms with E-state index in [4.69, 9.17) is 10.5 Å². The van der Waals surface area contributed by atoms with E-state index in [1.54, 1.807) is 7.11 Å². The van der Waals surface area contributed by atoms with Gasteiger partial charge in [-0.15, -0.1) is 0 Å². The Morgan fingerprint density at radius 1 is 1.67 bits per heavy atom. The van der Waals surface area contributed by atoms with Crippen molar-refractivity contribution >= 4 is 11.5 Å². The summed E-state index contributed by atoms with van der Waals surface area (Å²) < 4.78 is 9.35. The van der Waals surface area contributed by atoms with E-state index in [1.807, 2.05) is 0 Å². The quantitative estimate of drug-likeness (QED) is 0.719. The molecule has 1 aliphatic rings. The molecular formula is C8H12N2OS. The number of rotatable bonds is 1. The SMILES string of the molecule is COc1nsc2c1[C@H](N)CCC2. The predicted octanol–water partition coefficient (Wildman–Crippen LogP) is 1.49. The summed E-state index contributed by atoms with van der Waals surface area (Å²) in [6.45, 7) is 0. The summed E-state index contributed by atoms with van der Waals surface area (Å²) in [5.74, 6) is 0.738. The van der Waals surface area contributed by atoms with Gasteiger partial charge in [0, 0.05) is 16.5 Å². The van der Waals surface area contributed by atoms with E-state index in [2.05, 4.69) is 4.37 Å². The maximum atomic E-state index is 5.95. The average Bonchev–Trinajstić information content (AvgIpc) is 2.49. The van der Waals surface area contributed by atoms with Crippen LogP contribution in [-0.4, -0.2) is 11.5 Å². The second-order valence-corrected chi connectivity index (χ2v) is 3.89. The number of methoxy groups -OCH3 is 1. The molecule has 3 nitrogen and oxygen atoms in total. The molecule has 0 radical (unpaired) electrons. The molecule has 0 aliphatic heterocycles. The van der Waals surface area contributed by atoms with E-state index in [0.29, 0.717) is 0 Å². The fourth-order valence-electron chi connectivity index (χ4n) is 1.63. The van der Waals surface area contributed by atoms with Crippen molar-refractivity contribution in [2.24, 2.45) is 5.73 Å². The number of fused-ring (bicyclic) bond motifs is 1. The second kappa shape index (κ2) is 3.03. The molecule has 1 heterocycles. The second-order valence-electron chi connectivity index (χ2n) is 3.03. The van der Waals surface area contributed by atoms with Gasteiger partial charge in [0.05, 0.1) is 7.11 Å². The molecule has 0 saturated carbocycles. The summed E-state index contributed by atoms with van der Waals surface area (Å²) in [5.41, 5.74) is 7.10. The first-order valence-electron chi connectivity index (χ1n) is 4.11. The predicted molar refractivity (Wildman–Crippen MR) is 48.5 cm³/mol. The van der Waals surface area contributed by atoms with Crippen LogP contribution in [0.1, 0.15) is 29.3 Å². The molecule has 0 spiro atoms. The van der Waals surface area contributed by atoms with Crippen molar-refractivity contribution in [1.29, 1.82) is 0 Å². The van der Waals surface area contributed by atoms with Gasteiger partial charge in [-0.1, -0.05) is 0 Å². The molecule has 0 bridgehead atoms. The third-order valence-corrected chi connectivity index (χ3v) is 3.15. The van der Waals surface area contributed by atoms with Crippen LogP contribution in [0.3, 0.4) is 0 Å². The van der Waals surface area contributed by atoms with Crippen LogP contribution in [0.15, 0.2) is 0 Å². The normalized spacial score (nSPS) is 22.0. The zero-order valence-electron chi connectivity index (χ0n) is 7.04. The minimum atomic E-state index is 0.141. The highest BCUT2D eigenvalue weighted by atomic mass is 32.1. The van der Waals surface area contributed by atoms with Crippen LogP contribution >= 0.6 is 11.5 Å². The lowest BCUT2D eigenvalue weighted by Gasteiger charge is -2.17. The van der Waals surface area contributed by atoms with Crippen LogP contribution in [0.5, 0.6) is 5.88 Å². The lowest BCUT2D eigenvalue weighted by atomic mass is 9.95. The Labute approximate surface area is 75.7 Å². The van der Waals surface area contributed by atoms with Crippen molar-refractivity contribution in [2.45, 2.75) is 25.3 Å². The number of hydrogen-bond acceptors (Lipinski definition) is 4. The standard InChI is InChI=1S/C8H12N2OS/c1-11-8-7-5(9)3-2-4-6(7)12-10-8/h5H,2-4,9H2,1H3/t5-/m1/s1. The van der Waals surface area contributed by atoms with E-state index in [0.717, 1.165) is 24.3 Å². The maximum Gasteiger partial charge on any atom is 0.230 e. The summed E-state index contributed by atoms with van der Waals surface area (Å²) in [6, 6.07) is 0.141. The van der Waals surface area contributed by atoms with Crippen molar-refractivity contribution in [2.75, 3.05) is 7.11 Å². The van der Waals surface area contributed by atoms with Crippen molar-refractivity contribution in [3.63, 3.8) is 0 Å². The van der Waals surface area contributed by atoms with Crippen LogP contribution in [0.2, 0.25) is 0 Å². The Morgan fingerprint density at radius 2 is 2.50 bits per heavy atom. The largest absolute Gasteiger partial charge is 0.480 e. The first-order chi connectivity index (χ1) is 5.83. The van der Waals surface area contributed by atoms with Crippen LogP contribution < -0.4 is 10.5 Å². The fraction of sp³-hybridized carbons (Fsp3) is 0.625. The van der Waals surface area contributed by atoms with Gasteiger partial charge in [0.15, 0.2) is 0 Å². The molecule has 0 fully saturated rings. The van der Waals surface area contributed by atoms with Crippen LogP contribution in [-0.2, 0) is 6.42 Å². The van der Waals surface area contributed by atoms with Crippen LogP contribution in [0.4, 0.5) is 0 Å². The molecular weight excluding hydrogens is 172 g/mol. The molecule has 0 aromatic carbocycles. The molecule has 66 valence electrons. The summed E-state index contributed by atoms with van der Waals surface area (Å²) >= 11 is 1.53. The highest BCUT2D eigenvalue weighted by Gasteiger charge is 2.24. The van der Waals surface area contributed by atoms with Crippen LogP contribution in [0.25, 0.3) is 0 Å². The van der Waals surface area contributed by atoms with Gasteiger partial charge in [-0.2, -0.15) is 4.37 Å². The molecule has 0 amide bonds. The molecule has 2 N–H and O–H groups in total. The number of ether oxygens (including phenoxy) is 1. The molecule has 2 rings (SSSR count). The third kappa shape index (κ3) is 1.11. The first-order valence-corrected chi connectivity index (χ1v) is 4.88. The molecule has 0 saturated heterocycles. The smallest absolute Gasteiger partial charge is 0.230 e. The number of nitrogens with two attached hydrogens (primary N) is 1. The molecule has 0 unspecified atom stereocenters. The van der Waals surface area contributed by atoms with Gasteiger partial charge in [0.1, 0.15) is 0 Å². The maximum absolute atomic E-state index is 5.95. The highest BCUT2D eigenvalue weighted by molar-refractivity contribution is 7.06. The van der Waals surface area contributed by atoms with E-state index in [9.17, 15) is 0 Å². The molecule has 1 aliphatic carbocycles. The summed E-state index contributed by atoms with van der Waals surface area (Å²) in [6.07, 6.45) is 3.35.